The molecule has 1 aliphatic carbocycles. The van der Waals surface area contributed by atoms with Crippen molar-refractivity contribution in [2.24, 2.45) is 0 Å². The second-order valence-corrected chi connectivity index (χ2v) is 5.16. The number of carbonyl (C=O) groups excluding carboxylic acids is 1. The molecule has 1 amide bonds. The molecule has 0 spiro atoms. The van der Waals surface area contributed by atoms with Crippen molar-refractivity contribution in [2.75, 3.05) is 6.54 Å². The zero-order chi connectivity index (χ0) is 13.7. The number of aryl methyl sites for hydroxylation is 1. The molecule has 0 saturated heterocycles. The van der Waals surface area contributed by atoms with Crippen LogP contribution in [0.3, 0.4) is 0 Å². The zero-order valence-electron chi connectivity index (χ0n) is 11.2. The van der Waals surface area contributed by atoms with Crippen LogP contribution in [0.25, 0.3) is 0 Å². The van der Waals surface area contributed by atoms with Crippen LogP contribution in [-0.4, -0.2) is 23.2 Å². The maximum atomic E-state index is 12.1. The number of benzene rings is 1. The fourth-order valence-electron chi connectivity index (χ4n) is 2.53. The molecule has 3 heteroatoms. The number of hydrogen-bond donors (Lipinski definition) is 2. The average molecular weight is 259 g/mol. The second kappa shape index (κ2) is 6.02. The molecule has 0 fully saturated rings. The number of nitrogens with one attached hydrogen (secondary N) is 1. The van der Waals surface area contributed by atoms with Gasteiger partial charge in [-0.2, -0.15) is 0 Å². The monoisotopic (exact) mass is 259 g/mol. The Morgan fingerprint density at radius 1 is 1.42 bits per heavy atom. The fraction of sp³-hybridized carbons (Fsp3) is 0.438. The molecule has 0 bridgehead atoms. The van der Waals surface area contributed by atoms with E-state index in [2.05, 4.69) is 18.0 Å². The van der Waals surface area contributed by atoms with E-state index in [0.717, 1.165) is 24.8 Å². The minimum absolute atomic E-state index is 0.244. The van der Waals surface area contributed by atoms with Crippen molar-refractivity contribution < 1.29 is 9.90 Å². The lowest BCUT2D eigenvalue weighted by Crippen LogP contribution is -2.50. The van der Waals surface area contributed by atoms with E-state index in [1.165, 1.54) is 5.56 Å². The standard InChI is InChI=1S/C16H21NO2/c1-2-3-6-11-17-15(18)16(19)10-9-13-7-4-5-8-14(13)12-16/h2,4-5,7-8,19H,1,3,6,9-12H2,(H,17,18). The first-order valence-electron chi connectivity index (χ1n) is 6.84. The lowest BCUT2D eigenvalue weighted by atomic mass is 9.80. The Morgan fingerprint density at radius 3 is 2.89 bits per heavy atom. The first-order valence-corrected chi connectivity index (χ1v) is 6.84. The SMILES string of the molecule is C=CCCCNC(=O)C1(O)CCc2ccccc2C1. The van der Waals surface area contributed by atoms with Crippen LogP contribution in [0.15, 0.2) is 36.9 Å². The van der Waals surface area contributed by atoms with Gasteiger partial charge >= 0.3 is 0 Å². The molecular weight excluding hydrogens is 238 g/mol. The molecule has 0 aliphatic heterocycles. The van der Waals surface area contributed by atoms with E-state index in [0.29, 0.717) is 19.4 Å². The van der Waals surface area contributed by atoms with Gasteiger partial charge in [-0.05, 0) is 36.8 Å². The zero-order valence-corrected chi connectivity index (χ0v) is 11.2. The van der Waals surface area contributed by atoms with Crippen LogP contribution >= 0.6 is 0 Å². The lowest BCUT2D eigenvalue weighted by molar-refractivity contribution is -0.140. The minimum Gasteiger partial charge on any atom is -0.380 e. The van der Waals surface area contributed by atoms with Crippen LogP contribution in [0.4, 0.5) is 0 Å². The Morgan fingerprint density at radius 2 is 2.16 bits per heavy atom. The second-order valence-electron chi connectivity index (χ2n) is 5.16. The molecule has 2 N–H and O–H groups in total. The number of hydrogen-bond acceptors (Lipinski definition) is 2. The summed E-state index contributed by atoms with van der Waals surface area (Å²) in [4.78, 5) is 12.1. The van der Waals surface area contributed by atoms with Crippen molar-refractivity contribution in [3.05, 3.63) is 48.0 Å². The number of aliphatic hydroxyl groups is 1. The van der Waals surface area contributed by atoms with Crippen molar-refractivity contribution in [3.63, 3.8) is 0 Å². The molecule has 0 saturated carbocycles. The Balaban J connectivity index is 1.96. The minimum atomic E-state index is -1.25. The van der Waals surface area contributed by atoms with Gasteiger partial charge in [0.2, 0.25) is 0 Å². The summed E-state index contributed by atoms with van der Waals surface area (Å²) in [6, 6.07) is 8.01. The van der Waals surface area contributed by atoms with E-state index in [-0.39, 0.29) is 5.91 Å². The third-order valence-electron chi connectivity index (χ3n) is 3.70. The van der Waals surface area contributed by atoms with Crippen LogP contribution in [0.1, 0.15) is 30.4 Å². The van der Waals surface area contributed by atoms with E-state index < -0.39 is 5.60 Å². The van der Waals surface area contributed by atoms with E-state index in [4.69, 9.17) is 0 Å². The summed E-state index contributed by atoms with van der Waals surface area (Å²) in [5.41, 5.74) is 1.08. The van der Waals surface area contributed by atoms with E-state index in [9.17, 15) is 9.90 Å². The largest absolute Gasteiger partial charge is 0.380 e. The fourth-order valence-corrected chi connectivity index (χ4v) is 2.53. The maximum absolute atomic E-state index is 12.1. The van der Waals surface area contributed by atoms with Gasteiger partial charge < -0.3 is 10.4 Å². The van der Waals surface area contributed by atoms with Gasteiger partial charge in [-0.3, -0.25) is 4.79 Å². The normalized spacial score (nSPS) is 21.5. The molecular formula is C16H21NO2. The van der Waals surface area contributed by atoms with Crippen LogP contribution in [-0.2, 0) is 17.6 Å². The van der Waals surface area contributed by atoms with Gasteiger partial charge in [0.15, 0.2) is 0 Å². The first kappa shape index (κ1) is 13.8. The van der Waals surface area contributed by atoms with Crippen LogP contribution in [0, 0.1) is 0 Å². The molecule has 1 atom stereocenters. The molecule has 1 aromatic rings. The summed E-state index contributed by atoms with van der Waals surface area (Å²) < 4.78 is 0. The molecule has 1 unspecified atom stereocenters. The number of unbranched alkanes of at least 4 members (excludes halogenated alkanes) is 1. The highest BCUT2D eigenvalue weighted by Gasteiger charge is 2.38. The summed E-state index contributed by atoms with van der Waals surface area (Å²) >= 11 is 0. The van der Waals surface area contributed by atoms with Crippen molar-refractivity contribution in [2.45, 2.75) is 37.7 Å². The van der Waals surface area contributed by atoms with Gasteiger partial charge in [0.1, 0.15) is 5.60 Å². The molecule has 1 aromatic carbocycles. The Kier molecular flexibility index (Phi) is 4.38. The van der Waals surface area contributed by atoms with Crippen molar-refractivity contribution in [1.82, 2.24) is 5.32 Å². The van der Waals surface area contributed by atoms with Gasteiger partial charge in [-0.1, -0.05) is 30.3 Å². The van der Waals surface area contributed by atoms with Crippen molar-refractivity contribution >= 4 is 5.91 Å². The highest BCUT2D eigenvalue weighted by Crippen LogP contribution is 2.28. The summed E-state index contributed by atoms with van der Waals surface area (Å²) in [6.45, 7) is 4.24. The van der Waals surface area contributed by atoms with E-state index in [1.54, 1.807) is 0 Å². The van der Waals surface area contributed by atoms with Crippen LogP contribution < -0.4 is 5.32 Å². The molecule has 3 nitrogen and oxygen atoms in total. The van der Waals surface area contributed by atoms with Gasteiger partial charge in [0.05, 0.1) is 0 Å². The molecule has 1 aliphatic rings. The highest BCUT2D eigenvalue weighted by atomic mass is 16.3. The quantitative estimate of drug-likeness (QED) is 0.627. The Labute approximate surface area is 114 Å². The predicted molar refractivity (Wildman–Crippen MR) is 75.9 cm³/mol. The third-order valence-corrected chi connectivity index (χ3v) is 3.70. The number of fused-ring (bicyclic) bond motifs is 1. The van der Waals surface area contributed by atoms with Gasteiger partial charge in [0.25, 0.3) is 5.91 Å². The number of carbonyl (C=O) groups is 1. The van der Waals surface area contributed by atoms with Gasteiger partial charge in [-0.15, -0.1) is 6.58 Å². The van der Waals surface area contributed by atoms with E-state index >= 15 is 0 Å². The third kappa shape index (κ3) is 3.24. The van der Waals surface area contributed by atoms with Crippen LogP contribution in [0.2, 0.25) is 0 Å². The molecule has 2 rings (SSSR count). The number of rotatable bonds is 5. The Hall–Kier alpha value is -1.61. The molecule has 19 heavy (non-hydrogen) atoms. The maximum Gasteiger partial charge on any atom is 0.252 e. The topological polar surface area (TPSA) is 49.3 Å². The molecule has 0 aromatic heterocycles. The summed E-state index contributed by atoms with van der Waals surface area (Å²) in [5.74, 6) is -0.244. The van der Waals surface area contributed by atoms with Gasteiger partial charge in [-0.25, -0.2) is 0 Å². The summed E-state index contributed by atoms with van der Waals surface area (Å²) in [5, 5.41) is 13.3. The average Bonchev–Trinajstić information content (AvgIpc) is 2.43. The van der Waals surface area contributed by atoms with Gasteiger partial charge in [0, 0.05) is 13.0 Å². The van der Waals surface area contributed by atoms with Crippen molar-refractivity contribution in [1.29, 1.82) is 0 Å². The number of amides is 1. The Bertz CT molecular complexity index is 470. The summed E-state index contributed by atoms with van der Waals surface area (Å²) in [6.07, 6.45) is 5.24. The molecule has 0 heterocycles. The summed E-state index contributed by atoms with van der Waals surface area (Å²) in [7, 11) is 0. The van der Waals surface area contributed by atoms with Crippen molar-refractivity contribution in [3.8, 4) is 0 Å². The highest BCUT2D eigenvalue weighted by molar-refractivity contribution is 5.85. The molecule has 0 radical (unpaired) electrons. The van der Waals surface area contributed by atoms with E-state index in [1.807, 2.05) is 24.3 Å². The number of allylic oxidation sites excluding steroid dienone is 1. The smallest absolute Gasteiger partial charge is 0.252 e. The molecule has 102 valence electrons. The predicted octanol–water partition coefficient (Wildman–Crippen LogP) is 1.99. The lowest BCUT2D eigenvalue weighted by Gasteiger charge is -2.32. The first-order chi connectivity index (χ1) is 9.15. The van der Waals surface area contributed by atoms with Crippen LogP contribution in [0.5, 0.6) is 0 Å².